The number of benzene rings is 2. The molecule has 0 fully saturated rings. The molecule has 124 valence electrons. The molecule has 0 saturated heterocycles. The summed E-state index contributed by atoms with van der Waals surface area (Å²) < 4.78 is 25.5. The number of aliphatic carboxylic acids is 1. The number of carbonyl (C=O) groups is 1. The van der Waals surface area contributed by atoms with Crippen LogP contribution in [-0.4, -0.2) is 11.1 Å². The van der Waals surface area contributed by atoms with E-state index in [4.69, 9.17) is 15.6 Å². The zero-order chi connectivity index (χ0) is 17.4. The van der Waals surface area contributed by atoms with Crippen molar-refractivity contribution in [2.24, 2.45) is 0 Å². The number of aryl methyl sites for hydroxylation is 1. The second-order valence-corrected chi connectivity index (χ2v) is 4.59. The third kappa shape index (κ3) is 6.71. The first kappa shape index (κ1) is 21.5. The van der Waals surface area contributed by atoms with Gasteiger partial charge in [-0.2, -0.15) is 10.5 Å². The Bertz CT molecular complexity index is 811. The van der Waals surface area contributed by atoms with Gasteiger partial charge in [0.25, 0.3) is 0 Å². The van der Waals surface area contributed by atoms with Crippen LogP contribution < -0.4 is 0 Å². The van der Waals surface area contributed by atoms with E-state index < -0.39 is 17.6 Å². The molecule has 4 nitrogen and oxygen atoms in total. The summed E-state index contributed by atoms with van der Waals surface area (Å²) in [6.45, 7) is 1.78. The molecule has 7 heteroatoms. The molecule has 0 heterocycles. The molecule has 2 aromatic carbocycles. The summed E-state index contributed by atoms with van der Waals surface area (Å²) in [4.78, 5) is 10.2. The molecular formula is C17H13F2IN2O2. The number of halogens is 3. The Kier molecular flexibility index (Phi) is 9.21. The minimum atomic E-state index is -1.02. The molecule has 0 unspecified atom stereocenters. The van der Waals surface area contributed by atoms with Crippen LogP contribution in [0.4, 0.5) is 8.78 Å². The summed E-state index contributed by atoms with van der Waals surface area (Å²) in [7, 11) is 0. The van der Waals surface area contributed by atoms with Crippen molar-refractivity contribution in [3.05, 3.63) is 70.3 Å². The van der Waals surface area contributed by atoms with E-state index >= 15 is 0 Å². The summed E-state index contributed by atoms with van der Waals surface area (Å²) in [5.74, 6) is -2.15. The fourth-order valence-corrected chi connectivity index (χ4v) is 1.64. The van der Waals surface area contributed by atoms with E-state index in [-0.39, 0.29) is 41.5 Å². The number of carboxylic acids is 1. The highest BCUT2D eigenvalue weighted by Crippen LogP contribution is 2.10. The van der Waals surface area contributed by atoms with E-state index in [2.05, 4.69) is 0 Å². The van der Waals surface area contributed by atoms with Crippen molar-refractivity contribution in [3.8, 4) is 12.1 Å². The van der Waals surface area contributed by atoms with Gasteiger partial charge < -0.3 is 5.11 Å². The first-order valence-corrected chi connectivity index (χ1v) is 6.44. The highest BCUT2D eigenvalue weighted by Gasteiger charge is 2.05. The molecule has 1 N–H and O–H groups in total. The topological polar surface area (TPSA) is 84.9 Å². The van der Waals surface area contributed by atoms with Gasteiger partial charge in [0.15, 0.2) is 0 Å². The molecular weight excluding hydrogens is 429 g/mol. The molecule has 0 bridgehead atoms. The maximum Gasteiger partial charge on any atom is 0.307 e. The summed E-state index contributed by atoms with van der Waals surface area (Å²) in [6, 6.07) is 11.7. The average molecular weight is 442 g/mol. The molecule has 0 aliphatic carbocycles. The molecule has 0 saturated carbocycles. The molecule has 0 aromatic heterocycles. The van der Waals surface area contributed by atoms with Crippen LogP contribution in [0.3, 0.4) is 0 Å². The Morgan fingerprint density at radius 2 is 1.54 bits per heavy atom. The standard InChI is InChI=1S/C9H6FNO2.C8H6FN.HI/c10-8-3-6(4-9(12)13)1-2-7(8)5-11;1-6-2-3-7(5-10)8(9)4-6;/h1-3H,4H2,(H,12,13);2-4H,1H3;1H. The third-order valence-corrected chi connectivity index (χ3v) is 2.75. The van der Waals surface area contributed by atoms with Crippen LogP contribution in [0.2, 0.25) is 0 Å². The van der Waals surface area contributed by atoms with Crippen molar-refractivity contribution in [2.45, 2.75) is 13.3 Å². The molecule has 24 heavy (non-hydrogen) atoms. The fourth-order valence-electron chi connectivity index (χ4n) is 1.64. The smallest absolute Gasteiger partial charge is 0.307 e. The van der Waals surface area contributed by atoms with E-state index in [1.807, 2.05) is 0 Å². The lowest BCUT2D eigenvalue weighted by Gasteiger charge is -1.97. The number of nitrogens with zero attached hydrogens (tertiary/aromatic N) is 2. The van der Waals surface area contributed by atoms with E-state index in [1.165, 1.54) is 24.3 Å². The van der Waals surface area contributed by atoms with Crippen LogP contribution in [-0.2, 0) is 11.2 Å². The summed E-state index contributed by atoms with van der Waals surface area (Å²) >= 11 is 0. The Balaban J connectivity index is 0.000000436. The van der Waals surface area contributed by atoms with E-state index in [0.717, 1.165) is 11.6 Å². The Hall–Kier alpha value is -2.52. The molecule has 0 amide bonds. The monoisotopic (exact) mass is 442 g/mol. The minimum Gasteiger partial charge on any atom is -0.481 e. The summed E-state index contributed by atoms with van der Waals surface area (Å²) in [5, 5.41) is 25.1. The first-order chi connectivity index (χ1) is 10.9. The second-order valence-electron chi connectivity index (χ2n) is 4.59. The van der Waals surface area contributed by atoms with Crippen LogP contribution >= 0.6 is 24.0 Å². The van der Waals surface area contributed by atoms with Crippen LogP contribution in [0, 0.1) is 41.2 Å². The van der Waals surface area contributed by atoms with E-state index in [0.29, 0.717) is 5.56 Å². The van der Waals surface area contributed by atoms with Gasteiger partial charge in [-0.25, -0.2) is 8.78 Å². The molecule has 0 aliphatic rings. The number of hydrogen-bond acceptors (Lipinski definition) is 3. The normalized spacial score (nSPS) is 8.71. The van der Waals surface area contributed by atoms with Crippen molar-refractivity contribution >= 4 is 29.9 Å². The number of hydrogen-bond donors (Lipinski definition) is 1. The van der Waals surface area contributed by atoms with Gasteiger partial charge >= 0.3 is 5.97 Å². The number of carboxylic acid groups (broad SMARTS) is 1. The Morgan fingerprint density at radius 3 is 1.96 bits per heavy atom. The van der Waals surface area contributed by atoms with Crippen molar-refractivity contribution in [2.75, 3.05) is 0 Å². The van der Waals surface area contributed by atoms with Gasteiger partial charge in [0.05, 0.1) is 17.5 Å². The van der Waals surface area contributed by atoms with Gasteiger partial charge in [-0.1, -0.05) is 12.1 Å². The van der Waals surface area contributed by atoms with Crippen molar-refractivity contribution in [1.29, 1.82) is 10.5 Å². The lowest BCUT2D eigenvalue weighted by atomic mass is 10.1. The van der Waals surface area contributed by atoms with Crippen LogP contribution in [0.5, 0.6) is 0 Å². The third-order valence-electron chi connectivity index (χ3n) is 2.75. The highest BCUT2D eigenvalue weighted by molar-refractivity contribution is 14.0. The summed E-state index contributed by atoms with van der Waals surface area (Å²) in [5.41, 5.74) is 1.21. The van der Waals surface area contributed by atoms with Gasteiger partial charge in [-0.15, -0.1) is 24.0 Å². The second kappa shape index (κ2) is 10.3. The predicted molar refractivity (Wildman–Crippen MR) is 93.7 cm³/mol. The molecule has 0 spiro atoms. The fraction of sp³-hybridized carbons (Fsp3) is 0.118. The average Bonchev–Trinajstić information content (AvgIpc) is 2.47. The lowest BCUT2D eigenvalue weighted by molar-refractivity contribution is -0.136. The molecule has 0 aliphatic heterocycles. The van der Waals surface area contributed by atoms with Crippen molar-refractivity contribution in [1.82, 2.24) is 0 Å². The quantitative estimate of drug-likeness (QED) is 0.715. The van der Waals surface area contributed by atoms with Gasteiger partial charge in [0.1, 0.15) is 23.8 Å². The zero-order valence-corrected chi connectivity index (χ0v) is 14.9. The van der Waals surface area contributed by atoms with Gasteiger partial charge in [0.2, 0.25) is 0 Å². The van der Waals surface area contributed by atoms with Gasteiger partial charge in [-0.05, 0) is 42.3 Å². The molecule has 0 radical (unpaired) electrons. The predicted octanol–water partition coefficient (Wildman–Crippen LogP) is 3.95. The van der Waals surface area contributed by atoms with Gasteiger partial charge in [0, 0.05) is 0 Å². The number of nitriles is 2. The van der Waals surface area contributed by atoms with Crippen molar-refractivity contribution < 1.29 is 18.7 Å². The Morgan fingerprint density at radius 1 is 1.04 bits per heavy atom. The minimum absolute atomic E-state index is 0. The zero-order valence-electron chi connectivity index (χ0n) is 12.6. The summed E-state index contributed by atoms with van der Waals surface area (Å²) in [6.07, 6.45) is -0.234. The first-order valence-electron chi connectivity index (χ1n) is 6.44. The lowest BCUT2D eigenvalue weighted by Crippen LogP contribution is -2.00. The maximum atomic E-state index is 12.9. The van der Waals surface area contributed by atoms with Crippen LogP contribution in [0.1, 0.15) is 22.3 Å². The maximum absolute atomic E-state index is 12.9. The van der Waals surface area contributed by atoms with E-state index in [1.54, 1.807) is 25.1 Å². The molecule has 0 atom stereocenters. The number of rotatable bonds is 2. The van der Waals surface area contributed by atoms with Crippen LogP contribution in [0.15, 0.2) is 36.4 Å². The van der Waals surface area contributed by atoms with E-state index in [9.17, 15) is 13.6 Å². The largest absolute Gasteiger partial charge is 0.481 e. The highest BCUT2D eigenvalue weighted by atomic mass is 127. The van der Waals surface area contributed by atoms with Gasteiger partial charge in [-0.3, -0.25) is 4.79 Å². The van der Waals surface area contributed by atoms with Crippen LogP contribution in [0.25, 0.3) is 0 Å². The SMILES string of the molecule is Cc1ccc(C#N)c(F)c1.I.N#Cc1ccc(CC(=O)O)cc1F. The van der Waals surface area contributed by atoms with Crippen molar-refractivity contribution in [3.63, 3.8) is 0 Å². The molecule has 2 rings (SSSR count). The Labute approximate surface area is 155 Å². The molecule has 2 aromatic rings.